The van der Waals surface area contributed by atoms with E-state index in [0.29, 0.717) is 23.3 Å². The Morgan fingerprint density at radius 2 is 1.65 bits per heavy atom. The minimum Gasteiger partial charge on any atom is -0.282 e. The number of hydrogen-bond acceptors (Lipinski definition) is 5. The number of rotatable bonds is 6. The van der Waals surface area contributed by atoms with Crippen LogP contribution in [0.5, 0.6) is 0 Å². The Balaban J connectivity index is 4.48. The molecule has 1 unspecified atom stereocenters. The fourth-order valence-corrected chi connectivity index (χ4v) is 3.09. The molecule has 0 aliphatic rings. The van der Waals surface area contributed by atoms with Crippen LogP contribution in [0.1, 0.15) is 27.2 Å². The first kappa shape index (κ1) is 16.9. The van der Waals surface area contributed by atoms with Crippen molar-refractivity contribution < 1.29 is 9.59 Å². The highest BCUT2D eigenvalue weighted by molar-refractivity contribution is 8.24. The van der Waals surface area contributed by atoms with E-state index in [4.69, 9.17) is 0 Å². The van der Waals surface area contributed by atoms with E-state index in [1.165, 1.54) is 0 Å². The molecule has 5 heteroatoms. The smallest absolute Gasteiger partial charge is 0.215 e. The molecule has 0 aliphatic carbocycles. The quantitative estimate of drug-likeness (QED) is 0.459. The molecule has 0 aromatic rings. The van der Waals surface area contributed by atoms with Crippen LogP contribution in [0, 0.1) is 0 Å². The SMILES string of the molecule is C=C(C)C(=O)SCC(S)(CC)SC(=O)C(=C)C. The van der Waals surface area contributed by atoms with E-state index in [9.17, 15) is 9.59 Å². The number of hydrogen-bond donors (Lipinski definition) is 1. The van der Waals surface area contributed by atoms with E-state index in [-0.39, 0.29) is 10.2 Å². The van der Waals surface area contributed by atoms with Gasteiger partial charge in [0, 0.05) is 5.75 Å². The molecule has 0 aliphatic heterocycles. The van der Waals surface area contributed by atoms with Crippen molar-refractivity contribution in [3.05, 3.63) is 24.3 Å². The maximum absolute atomic E-state index is 11.6. The highest BCUT2D eigenvalue weighted by atomic mass is 32.2. The zero-order valence-corrected chi connectivity index (χ0v) is 12.9. The Bertz CT molecular complexity index is 350. The predicted molar refractivity (Wildman–Crippen MR) is 81.7 cm³/mol. The standard InChI is InChI=1S/C12H18O2S3/c1-6-12(15,17-11(14)9(4)5)7-16-10(13)8(2)3/h15H,2,4,6-7H2,1,3,5H3. The normalized spacial score (nSPS) is 13.9. The molecule has 2 nitrogen and oxygen atoms in total. The van der Waals surface area contributed by atoms with Crippen LogP contribution < -0.4 is 0 Å². The zero-order valence-electron chi connectivity index (χ0n) is 10.4. The van der Waals surface area contributed by atoms with Crippen LogP contribution in [0.3, 0.4) is 0 Å². The van der Waals surface area contributed by atoms with Crippen LogP contribution in [-0.4, -0.2) is 20.1 Å². The van der Waals surface area contributed by atoms with Crippen LogP contribution in [-0.2, 0) is 9.59 Å². The molecule has 0 saturated carbocycles. The molecule has 17 heavy (non-hydrogen) atoms. The summed E-state index contributed by atoms with van der Waals surface area (Å²) in [5.41, 5.74) is 1.01. The lowest BCUT2D eigenvalue weighted by molar-refractivity contribution is -0.108. The van der Waals surface area contributed by atoms with Crippen molar-refractivity contribution in [2.45, 2.75) is 31.3 Å². The Labute approximate surface area is 117 Å². The number of carbonyl (C=O) groups is 2. The van der Waals surface area contributed by atoms with Crippen molar-refractivity contribution >= 4 is 46.4 Å². The Kier molecular flexibility index (Phi) is 7.28. The van der Waals surface area contributed by atoms with Gasteiger partial charge in [-0.3, -0.25) is 9.59 Å². The van der Waals surface area contributed by atoms with Crippen molar-refractivity contribution in [1.82, 2.24) is 0 Å². The molecular weight excluding hydrogens is 272 g/mol. The summed E-state index contributed by atoms with van der Waals surface area (Å²) in [4.78, 5) is 23.0. The Morgan fingerprint density at radius 1 is 1.18 bits per heavy atom. The monoisotopic (exact) mass is 290 g/mol. The molecule has 0 saturated heterocycles. The molecule has 96 valence electrons. The van der Waals surface area contributed by atoms with Gasteiger partial charge in [-0.1, -0.05) is 43.6 Å². The van der Waals surface area contributed by atoms with Crippen molar-refractivity contribution in [2.24, 2.45) is 0 Å². The molecule has 0 spiro atoms. The topological polar surface area (TPSA) is 34.1 Å². The van der Waals surface area contributed by atoms with E-state index in [1.807, 2.05) is 6.92 Å². The van der Waals surface area contributed by atoms with Gasteiger partial charge in [0.1, 0.15) is 0 Å². The van der Waals surface area contributed by atoms with Gasteiger partial charge in [0.25, 0.3) is 0 Å². The highest BCUT2D eigenvalue weighted by Crippen LogP contribution is 2.38. The molecule has 0 rings (SSSR count). The van der Waals surface area contributed by atoms with Gasteiger partial charge in [0.15, 0.2) is 0 Å². The summed E-state index contributed by atoms with van der Waals surface area (Å²) in [5, 5.41) is -0.134. The first-order chi connectivity index (χ1) is 7.72. The van der Waals surface area contributed by atoms with Crippen molar-refractivity contribution in [3.8, 4) is 0 Å². The largest absolute Gasteiger partial charge is 0.282 e. The molecule has 1 atom stereocenters. The summed E-state index contributed by atoms with van der Waals surface area (Å²) in [7, 11) is 0. The van der Waals surface area contributed by atoms with Gasteiger partial charge in [0.05, 0.1) is 4.08 Å². The van der Waals surface area contributed by atoms with E-state index < -0.39 is 4.08 Å². The molecule has 0 aromatic carbocycles. The van der Waals surface area contributed by atoms with Gasteiger partial charge < -0.3 is 0 Å². The first-order valence-corrected chi connectivity index (χ1v) is 7.40. The molecule has 0 aromatic heterocycles. The molecule has 0 amide bonds. The second-order valence-electron chi connectivity index (χ2n) is 3.83. The average molecular weight is 290 g/mol. The molecule has 0 bridgehead atoms. The second-order valence-corrected chi connectivity index (χ2v) is 7.29. The third-order valence-corrected chi connectivity index (χ3v) is 5.70. The summed E-state index contributed by atoms with van der Waals surface area (Å²) >= 11 is 6.78. The predicted octanol–water partition coefficient (Wildman–Crippen LogP) is 3.69. The van der Waals surface area contributed by atoms with Gasteiger partial charge in [0.2, 0.25) is 10.2 Å². The van der Waals surface area contributed by atoms with Crippen LogP contribution in [0.2, 0.25) is 0 Å². The number of thiol groups is 1. The van der Waals surface area contributed by atoms with E-state index in [0.717, 1.165) is 23.5 Å². The maximum Gasteiger partial charge on any atom is 0.215 e. The van der Waals surface area contributed by atoms with E-state index in [1.54, 1.807) is 13.8 Å². The van der Waals surface area contributed by atoms with Crippen molar-refractivity contribution in [2.75, 3.05) is 5.75 Å². The molecule has 0 radical (unpaired) electrons. The Morgan fingerprint density at radius 3 is 2.00 bits per heavy atom. The van der Waals surface area contributed by atoms with E-state index >= 15 is 0 Å². The third-order valence-electron chi connectivity index (χ3n) is 1.96. The summed E-state index contributed by atoms with van der Waals surface area (Å²) in [6.45, 7) is 12.5. The fourth-order valence-electron chi connectivity index (χ4n) is 0.765. The first-order valence-electron chi connectivity index (χ1n) is 5.15. The van der Waals surface area contributed by atoms with Gasteiger partial charge in [-0.2, -0.15) is 12.6 Å². The summed E-state index contributed by atoms with van der Waals surface area (Å²) in [6, 6.07) is 0. The number of carbonyl (C=O) groups excluding carboxylic acids is 2. The van der Waals surface area contributed by atoms with Gasteiger partial charge >= 0.3 is 0 Å². The minimum absolute atomic E-state index is 0.0553. The molecule has 0 N–H and O–H groups in total. The van der Waals surface area contributed by atoms with Gasteiger partial charge in [-0.05, 0) is 31.4 Å². The average Bonchev–Trinajstić information content (AvgIpc) is 2.25. The maximum atomic E-state index is 11.6. The molecular formula is C12H18O2S3. The van der Waals surface area contributed by atoms with Crippen LogP contribution in [0.25, 0.3) is 0 Å². The van der Waals surface area contributed by atoms with E-state index in [2.05, 4.69) is 25.8 Å². The lowest BCUT2D eigenvalue weighted by Crippen LogP contribution is -2.22. The summed E-state index contributed by atoms with van der Waals surface area (Å²) in [6.07, 6.45) is 0.691. The van der Waals surface area contributed by atoms with Crippen LogP contribution in [0.4, 0.5) is 0 Å². The Hall–Kier alpha value is -0.130. The minimum atomic E-state index is -0.536. The molecule has 0 heterocycles. The van der Waals surface area contributed by atoms with Crippen molar-refractivity contribution in [3.63, 3.8) is 0 Å². The summed E-state index contributed by atoms with van der Waals surface area (Å²) in [5.74, 6) is 0.474. The third kappa shape index (κ3) is 6.38. The fraction of sp³-hybridized carbons (Fsp3) is 0.500. The lowest BCUT2D eigenvalue weighted by Gasteiger charge is -2.24. The van der Waals surface area contributed by atoms with Gasteiger partial charge in [-0.15, -0.1) is 0 Å². The summed E-state index contributed by atoms with van der Waals surface area (Å²) < 4.78 is -0.536. The zero-order chi connectivity index (χ0) is 13.6. The van der Waals surface area contributed by atoms with Crippen LogP contribution in [0.15, 0.2) is 24.3 Å². The van der Waals surface area contributed by atoms with Crippen LogP contribution >= 0.6 is 36.2 Å². The molecule has 0 fully saturated rings. The number of thioether (sulfide) groups is 2. The van der Waals surface area contributed by atoms with Gasteiger partial charge in [-0.25, -0.2) is 0 Å². The highest BCUT2D eigenvalue weighted by Gasteiger charge is 2.29. The lowest BCUT2D eigenvalue weighted by atomic mass is 10.3. The second kappa shape index (κ2) is 7.34. The van der Waals surface area contributed by atoms with Crippen molar-refractivity contribution in [1.29, 1.82) is 0 Å².